The van der Waals surface area contributed by atoms with Crippen LogP contribution >= 0.6 is 63.7 Å². The van der Waals surface area contributed by atoms with Gasteiger partial charge in [0.15, 0.2) is 5.78 Å². The summed E-state index contributed by atoms with van der Waals surface area (Å²) in [5.41, 5.74) is 1.28. The van der Waals surface area contributed by atoms with Crippen LogP contribution in [0.1, 0.15) is 15.9 Å². The van der Waals surface area contributed by atoms with Crippen LogP contribution in [0.5, 0.6) is 0 Å². The standard InChI is InChI=1S/C13H6Br4O/c14-9-1-7(2-10(15)5-9)13(18)8-3-11(16)6-12(17)4-8/h1-6H. The summed E-state index contributed by atoms with van der Waals surface area (Å²) in [7, 11) is 0. The zero-order chi connectivity index (χ0) is 13.3. The molecule has 0 amide bonds. The molecule has 0 atom stereocenters. The molecule has 2 aromatic rings. The predicted octanol–water partition coefficient (Wildman–Crippen LogP) is 5.97. The van der Waals surface area contributed by atoms with Crippen LogP contribution in [0.25, 0.3) is 0 Å². The molecule has 0 radical (unpaired) electrons. The molecule has 0 aromatic heterocycles. The van der Waals surface area contributed by atoms with Crippen LogP contribution in [-0.4, -0.2) is 5.78 Å². The summed E-state index contributed by atoms with van der Waals surface area (Å²) in [5.74, 6) is -0.0148. The third-order valence-electron chi connectivity index (χ3n) is 2.25. The van der Waals surface area contributed by atoms with Gasteiger partial charge >= 0.3 is 0 Å². The highest BCUT2D eigenvalue weighted by Crippen LogP contribution is 2.25. The maximum Gasteiger partial charge on any atom is 0.193 e. The Hall–Kier alpha value is 0.0300. The summed E-state index contributed by atoms with van der Waals surface area (Å²) in [6, 6.07) is 11.0. The summed E-state index contributed by atoms with van der Waals surface area (Å²) in [5, 5.41) is 0. The van der Waals surface area contributed by atoms with Gasteiger partial charge in [-0.25, -0.2) is 0 Å². The molecule has 0 saturated carbocycles. The molecule has 0 fully saturated rings. The second-order valence-corrected chi connectivity index (χ2v) is 7.31. The van der Waals surface area contributed by atoms with Crippen molar-refractivity contribution in [3.63, 3.8) is 0 Å². The summed E-state index contributed by atoms with van der Waals surface area (Å²) in [6.07, 6.45) is 0. The van der Waals surface area contributed by atoms with Crippen molar-refractivity contribution in [3.05, 3.63) is 65.4 Å². The Morgan fingerprint density at radius 1 is 0.611 bits per heavy atom. The van der Waals surface area contributed by atoms with E-state index in [-0.39, 0.29) is 5.78 Å². The average molecular weight is 498 g/mol. The molecule has 0 aliphatic rings. The number of rotatable bonds is 2. The number of benzene rings is 2. The molecule has 18 heavy (non-hydrogen) atoms. The van der Waals surface area contributed by atoms with Gasteiger partial charge < -0.3 is 0 Å². The number of hydrogen-bond donors (Lipinski definition) is 0. The second kappa shape index (κ2) is 5.99. The van der Waals surface area contributed by atoms with Gasteiger partial charge in [-0.05, 0) is 36.4 Å². The summed E-state index contributed by atoms with van der Waals surface area (Å²) in [6.45, 7) is 0. The van der Waals surface area contributed by atoms with Crippen molar-refractivity contribution in [2.75, 3.05) is 0 Å². The van der Waals surface area contributed by atoms with Gasteiger partial charge in [0.1, 0.15) is 0 Å². The van der Waals surface area contributed by atoms with E-state index in [4.69, 9.17) is 0 Å². The number of ketones is 1. The lowest BCUT2D eigenvalue weighted by Gasteiger charge is -2.05. The van der Waals surface area contributed by atoms with E-state index in [0.717, 1.165) is 17.9 Å². The van der Waals surface area contributed by atoms with Crippen LogP contribution in [-0.2, 0) is 0 Å². The van der Waals surface area contributed by atoms with E-state index in [1.165, 1.54) is 0 Å². The van der Waals surface area contributed by atoms with E-state index in [0.29, 0.717) is 11.1 Å². The Labute approximate surface area is 138 Å². The van der Waals surface area contributed by atoms with Gasteiger partial charge in [0.2, 0.25) is 0 Å². The molecule has 0 N–H and O–H groups in total. The van der Waals surface area contributed by atoms with Crippen LogP contribution in [0.4, 0.5) is 0 Å². The van der Waals surface area contributed by atoms with E-state index in [2.05, 4.69) is 63.7 Å². The van der Waals surface area contributed by atoms with Crippen LogP contribution < -0.4 is 0 Å². The molecular weight excluding hydrogens is 492 g/mol. The van der Waals surface area contributed by atoms with Gasteiger partial charge in [0.25, 0.3) is 0 Å². The lowest BCUT2D eigenvalue weighted by molar-refractivity contribution is 0.103. The third kappa shape index (κ3) is 3.53. The molecule has 0 aliphatic heterocycles. The summed E-state index contributed by atoms with van der Waals surface area (Å²) < 4.78 is 3.48. The monoisotopic (exact) mass is 494 g/mol. The number of carbonyl (C=O) groups excluding carboxylic acids is 1. The topological polar surface area (TPSA) is 17.1 Å². The molecule has 2 rings (SSSR count). The Balaban J connectivity index is 2.47. The van der Waals surface area contributed by atoms with Crippen molar-refractivity contribution in [3.8, 4) is 0 Å². The zero-order valence-corrected chi connectivity index (χ0v) is 15.2. The molecule has 0 aliphatic carbocycles. The van der Waals surface area contributed by atoms with Crippen molar-refractivity contribution in [2.24, 2.45) is 0 Å². The van der Waals surface area contributed by atoms with Crippen molar-refractivity contribution in [1.29, 1.82) is 0 Å². The minimum Gasteiger partial charge on any atom is -0.289 e. The van der Waals surface area contributed by atoms with E-state index < -0.39 is 0 Å². The van der Waals surface area contributed by atoms with Gasteiger partial charge in [-0.1, -0.05) is 63.7 Å². The largest absolute Gasteiger partial charge is 0.289 e. The first-order valence-electron chi connectivity index (χ1n) is 4.92. The fourth-order valence-electron chi connectivity index (χ4n) is 1.54. The molecule has 2 aromatic carbocycles. The summed E-state index contributed by atoms with van der Waals surface area (Å²) in [4.78, 5) is 12.4. The fraction of sp³-hybridized carbons (Fsp3) is 0. The highest BCUT2D eigenvalue weighted by atomic mass is 79.9. The maximum atomic E-state index is 12.4. The molecule has 0 spiro atoms. The molecule has 92 valence electrons. The quantitative estimate of drug-likeness (QED) is 0.467. The first kappa shape index (κ1) is 14.4. The minimum atomic E-state index is -0.0148. The van der Waals surface area contributed by atoms with Crippen LogP contribution in [0.15, 0.2) is 54.3 Å². The highest BCUT2D eigenvalue weighted by molar-refractivity contribution is 9.11. The second-order valence-electron chi connectivity index (χ2n) is 3.65. The van der Waals surface area contributed by atoms with Crippen LogP contribution in [0.3, 0.4) is 0 Å². The minimum absolute atomic E-state index is 0.0148. The summed E-state index contributed by atoms with van der Waals surface area (Å²) >= 11 is 13.5. The smallest absolute Gasteiger partial charge is 0.193 e. The SMILES string of the molecule is O=C(c1cc(Br)cc(Br)c1)c1cc(Br)cc(Br)c1. The Morgan fingerprint density at radius 3 is 1.17 bits per heavy atom. The fourth-order valence-corrected chi connectivity index (χ4v) is 4.12. The number of carbonyl (C=O) groups is 1. The first-order chi connectivity index (χ1) is 8.45. The lowest BCUT2D eigenvalue weighted by Crippen LogP contribution is -2.01. The average Bonchev–Trinajstić information content (AvgIpc) is 2.25. The molecule has 0 unspecified atom stereocenters. The number of halogens is 4. The van der Waals surface area contributed by atoms with Gasteiger partial charge in [-0.2, -0.15) is 0 Å². The normalized spacial score (nSPS) is 10.4. The Kier molecular flexibility index (Phi) is 4.80. The number of hydrogen-bond acceptors (Lipinski definition) is 1. The lowest BCUT2D eigenvalue weighted by atomic mass is 10.0. The van der Waals surface area contributed by atoms with Crippen LogP contribution in [0.2, 0.25) is 0 Å². The molecule has 0 bridgehead atoms. The predicted molar refractivity (Wildman–Crippen MR) is 87.1 cm³/mol. The molecule has 0 heterocycles. The van der Waals surface area contributed by atoms with Crippen molar-refractivity contribution in [1.82, 2.24) is 0 Å². The van der Waals surface area contributed by atoms with Crippen molar-refractivity contribution < 1.29 is 4.79 Å². The highest BCUT2D eigenvalue weighted by Gasteiger charge is 2.12. The molecule has 1 nitrogen and oxygen atoms in total. The third-order valence-corrected chi connectivity index (χ3v) is 4.08. The van der Waals surface area contributed by atoms with E-state index in [9.17, 15) is 4.79 Å². The molecular formula is C13H6Br4O. The Morgan fingerprint density at radius 2 is 0.889 bits per heavy atom. The maximum absolute atomic E-state index is 12.4. The van der Waals surface area contributed by atoms with E-state index in [1.807, 2.05) is 36.4 Å². The van der Waals surface area contributed by atoms with Crippen LogP contribution in [0, 0.1) is 0 Å². The van der Waals surface area contributed by atoms with E-state index >= 15 is 0 Å². The first-order valence-corrected chi connectivity index (χ1v) is 8.10. The van der Waals surface area contributed by atoms with Gasteiger partial charge in [-0.15, -0.1) is 0 Å². The van der Waals surface area contributed by atoms with Gasteiger partial charge in [-0.3, -0.25) is 4.79 Å². The molecule has 5 heteroatoms. The van der Waals surface area contributed by atoms with Gasteiger partial charge in [0.05, 0.1) is 0 Å². The van der Waals surface area contributed by atoms with E-state index in [1.54, 1.807) is 0 Å². The van der Waals surface area contributed by atoms with Gasteiger partial charge in [0, 0.05) is 29.0 Å². The molecule has 0 saturated heterocycles. The Bertz CT molecular complexity index is 528. The van der Waals surface area contributed by atoms with Crippen molar-refractivity contribution in [2.45, 2.75) is 0 Å². The zero-order valence-electron chi connectivity index (χ0n) is 8.88. The van der Waals surface area contributed by atoms with Crippen molar-refractivity contribution >= 4 is 69.5 Å².